The highest BCUT2D eigenvalue weighted by Gasteiger charge is 2.13. The molecule has 0 bridgehead atoms. The van der Waals surface area contributed by atoms with Crippen LogP contribution in [0.4, 0.5) is 0 Å². The van der Waals surface area contributed by atoms with Gasteiger partial charge < -0.3 is 10.3 Å². The lowest BCUT2D eigenvalue weighted by Gasteiger charge is -2.02. The van der Waals surface area contributed by atoms with E-state index in [-0.39, 0.29) is 0 Å². The van der Waals surface area contributed by atoms with Crippen LogP contribution in [0.2, 0.25) is 0 Å². The molecule has 0 aliphatic carbocycles. The number of fused-ring (bicyclic) bond motifs is 1. The number of aryl methyl sites for hydroxylation is 1. The number of nitrogens with zero attached hydrogens (tertiary/aromatic N) is 5. The molecule has 3 rings (SSSR count). The van der Waals surface area contributed by atoms with E-state index in [1.165, 1.54) is 0 Å². The number of aromatic nitrogens is 5. The van der Waals surface area contributed by atoms with Gasteiger partial charge in [-0.05, 0) is 19.1 Å². The van der Waals surface area contributed by atoms with Crippen molar-refractivity contribution in [3.05, 3.63) is 30.5 Å². The third-order valence-corrected chi connectivity index (χ3v) is 3.10. The van der Waals surface area contributed by atoms with Gasteiger partial charge in [-0.2, -0.15) is 0 Å². The second-order valence-corrected chi connectivity index (χ2v) is 4.32. The van der Waals surface area contributed by atoms with Gasteiger partial charge in [0.05, 0.1) is 23.8 Å². The zero-order chi connectivity index (χ0) is 13.2. The third-order valence-electron chi connectivity index (χ3n) is 3.10. The van der Waals surface area contributed by atoms with Crippen molar-refractivity contribution in [3.63, 3.8) is 0 Å². The molecule has 0 atom stereocenters. The topological polar surface area (TPSA) is 74.5 Å². The van der Waals surface area contributed by atoms with Gasteiger partial charge in [0.25, 0.3) is 0 Å². The van der Waals surface area contributed by atoms with Gasteiger partial charge in [0.1, 0.15) is 5.69 Å². The molecule has 2 N–H and O–H groups in total. The van der Waals surface area contributed by atoms with Crippen molar-refractivity contribution < 1.29 is 0 Å². The molecule has 1 aromatic carbocycles. The average molecular weight is 256 g/mol. The monoisotopic (exact) mass is 256 g/mol. The lowest BCUT2D eigenvalue weighted by Crippen LogP contribution is -2.10. The predicted molar refractivity (Wildman–Crippen MR) is 73.5 cm³/mol. The molecule has 0 amide bonds. The van der Waals surface area contributed by atoms with Gasteiger partial charge in [-0.25, -0.2) is 4.98 Å². The maximum atomic E-state index is 5.52. The first-order valence-electron chi connectivity index (χ1n) is 6.39. The van der Waals surface area contributed by atoms with Gasteiger partial charge in [-0.3, -0.25) is 4.68 Å². The van der Waals surface area contributed by atoms with Crippen LogP contribution in [-0.4, -0.2) is 31.1 Å². The highest BCUT2D eigenvalue weighted by molar-refractivity contribution is 5.79. The summed E-state index contributed by atoms with van der Waals surface area (Å²) < 4.78 is 3.89. The molecule has 0 fully saturated rings. The van der Waals surface area contributed by atoms with E-state index in [1.54, 1.807) is 4.68 Å². The minimum Gasteiger partial charge on any atom is -0.329 e. The van der Waals surface area contributed by atoms with Crippen LogP contribution in [0.15, 0.2) is 30.5 Å². The number of benzene rings is 1. The first kappa shape index (κ1) is 11.9. The summed E-state index contributed by atoms with van der Waals surface area (Å²) in [6.45, 7) is 4.16. The SMILES string of the molecule is CCn1c(-c2cn(CCN)nn2)nc2ccccc21. The Labute approximate surface area is 110 Å². The molecular weight excluding hydrogens is 240 g/mol. The van der Waals surface area contributed by atoms with E-state index in [4.69, 9.17) is 5.73 Å². The average Bonchev–Trinajstić information content (AvgIpc) is 3.02. The summed E-state index contributed by atoms with van der Waals surface area (Å²) in [6, 6.07) is 8.09. The summed E-state index contributed by atoms with van der Waals surface area (Å²) in [4.78, 5) is 4.64. The molecule has 98 valence electrons. The lowest BCUT2D eigenvalue weighted by molar-refractivity contribution is 0.598. The standard InChI is InChI=1S/C13H16N6/c1-2-19-12-6-4-3-5-10(12)15-13(19)11-9-18(8-7-14)17-16-11/h3-6,9H,2,7-8,14H2,1H3. The first-order valence-corrected chi connectivity index (χ1v) is 6.39. The molecule has 0 unspecified atom stereocenters. The molecule has 0 saturated carbocycles. The van der Waals surface area contributed by atoms with Crippen LogP contribution < -0.4 is 5.73 Å². The summed E-state index contributed by atoms with van der Waals surface area (Å²) in [5.41, 5.74) is 8.40. The zero-order valence-corrected chi connectivity index (χ0v) is 10.8. The fraction of sp³-hybridized carbons (Fsp3) is 0.308. The van der Waals surface area contributed by atoms with Crippen LogP contribution in [0, 0.1) is 0 Å². The smallest absolute Gasteiger partial charge is 0.163 e. The van der Waals surface area contributed by atoms with E-state index < -0.39 is 0 Å². The molecule has 2 heterocycles. The number of hydrogen-bond donors (Lipinski definition) is 1. The van der Waals surface area contributed by atoms with E-state index in [9.17, 15) is 0 Å². The van der Waals surface area contributed by atoms with E-state index in [0.29, 0.717) is 13.1 Å². The van der Waals surface area contributed by atoms with E-state index in [1.807, 2.05) is 24.4 Å². The highest BCUT2D eigenvalue weighted by atomic mass is 15.4. The summed E-state index contributed by atoms with van der Waals surface area (Å²) in [7, 11) is 0. The second kappa shape index (κ2) is 4.81. The second-order valence-electron chi connectivity index (χ2n) is 4.32. The van der Waals surface area contributed by atoms with Crippen molar-refractivity contribution in [1.82, 2.24) is 24.5 Å². The van der Waals surface area contributed by atoms with Crippen molar-refractivity contribution in [2.24, 2.45) is 5.73 Å². The normalized spacial score (nSPS) is 11.3. The molecular formula is C13H16N6. The first-order chi connectivity index (χ1) is 9.33. The molecule has 3 aromatic rings. The van der Waals surface area contributed by atoms with Crippen LogP contribution in [0.5, 0.6) is 0 Å². The zero-order valence-electron chi connectivity index (χ0n) is 10.8. The van der Waals surface area contributed by atoms with Crippen molar-refractivity contribution in [1.29, 1.82) is 0 Å². The van der Waals surface area contributed by atoms with Gasteiger partial charge in [-0.1, -0.05) is 17.3 Å². The van der Waals surface area contributed by atoms with E-state index in [2.05, 4.69) is 32.9 Å². The molecule has 2 aromatic heterocycles. The summed E-state index contributed by atoms with van der Waals surface area (Å²) in [6.07, 6.45) is 1.89. The Bertz CT molecular complexity index is 696. The predicted octanol–water partition coefficient (Wildman–Crippen LogP) is 1.27. The number of nitrogens with two attached hydrogens (primary N) is 1. The van der Waals surface area contributed by atoms with Crippen LogP contribution >= 0.6 is 0 Å². The van der Waals surface area contributed by atoms with Crippen molar-refractivity contribution in [2.75, 3.05) is 6.54 Å². The van der Waals surface area contributed by atoms with Crippen LogP contribution in [-0.2, 0) is 13.1 Å². The minimum atomic E-state index is 0.549. The van der Waals surface area contributed by atoms with Gasteiger partial charge in [-0.15, -0.1) is 5.10 Å². The number of imidazole rings is 1. The maximum Gasteiger partial charge on any atom is 0.163 e. The summed E-state index contributed by atoms with van der Waals surface area (Å²) in [5, 5.41) is 8.24. The van der Waals surface area contributed by atoms with Crippen molar-refractivity contribution in [2.45, 2.75) is 20.0 Å². The largest absolute Gasteiger partial charge is 0.329 e. The van der Waals surface area contributed by atoms with Crippen LogP contribution in [0.1, 0.15) is 6.92 Å². The number of rotatable bonds is 4. The molecule has 0 aliphatic rings. The van der Waals surface area contributed by atoms with Crippen LogP contribution in [0.25, 0.3) is 22.6 Å². The molecule has 0 aliphatic heterocycles. The van der Waals surface area contributed by atoms with Crippen molar-refractivity contribution >= 4 is 11.0 Å². The molecule has 0 spiro atoms. The fourth-order valence-corrected chi connectivity index (χ4v) is 2.23. The summed E-state index contributed by atoms with van der Waals surface area (Å²) in [5.74, 6) is 0.854. The van der Waals surface area contributed by atoms with Crippen molar-refractivity contribution in [3.8, 4) is 11.5 Å². The molecule has 6 heteroatoms. The number of hydrogen-bond acceptors (Lipinski definition) is 4. The Morgan fingerprint density at radius 2 is 2.11 bits per heavy atom. The molecule has 0 saturated heterocycles. The van der Waals surface area contributed by atoms with Crippen LogP contribution in [0.3, 0.4) is 0 Å². The minimum absolute atomic E-state index is 0.549. The Morgan fingerprint density at radius 1 is 1.26 bits per heavy atom. The Hall–Kier alpha value is -2.21. The Balaban J connectivity index is 2.12. The fourth-order valence-electron chi connectivity index (χ4n) is 2.23. The quantitative estimate of drug-likeness (QED) is 0.763. The Morgan fingerprint density at radius 3 is 2.89 bits per heavy atom. The van der Waals surface area contributed by atoms with Gasteiger partial charge in [0.2, 0.25) is 0 Å². The molecule has 0 radical (unpaired) electrons. The third kappa shape index (κ3) is 2.00. The molecule has 6 nitrogen and oxygen atoms in total. The number of para-hydroxylation sites is 2. The molecule has 19 heavy (non-hydrogen) atoms. The van der Waals surface area contributed by atoms with Gasteiger partial charge in [0, 0.05) is 13.1 Å². The van der Waals surface area contributed by atoms with E-state index >= 15 is 0 Å². The Kier molecular flexibility index (Phi) is 3.00. The summed E-state index contributed by atoms with van der Waals surface area (Å²) >= 11 is 0. The maximum absolute atomic E-state index is 5.52. The van der Waals surface area contributed by atoms with E-state index in [0.717, 1.165) is 29.1 Å². The lowest BCUT2D eigenvalue weighted by atomic mass is 10.3. The van der Waals surface area contributed by atoms with Gasteiger partial charge >= 0.3 is 0 Å². The highest BCUT2D eigenvalue weighted by Crippen LogP contribution is 2.22. The van der Waals surface area contributed by atoms with Gasteiger partial charge in [0.15, 0.2) is 5.82 Å².